The lowest BCUT2D eigenvalue weighted by molar-refractivity contribution is 0.0496. The zero-order valence-electron chi connectivity index (χ0n) is 9.82. The third-order valence-electron chi connectivity index (χ3n) is 3.06. The molecule has 0 spiro atoms. The van der Waals surface area contributed by atoms with Crippen molar-refractivity contribution in [3.8, 4) is 5.75 Å². The molecular weight excluding hydrogens is 238 g/mol. The Morgan fingerprint density at radius 2 is 2.12 bits per heavy atom. The maximum atomic E-state index is 5.95. The van der Waals surface area contributed by atoms with Crippen molar-refractivity contribution in [2.45, 2.75) is 19.4 Å². The minimum Gasteiger partial charge on any atom is -0.493 e. The second-order valence-corrected chi connectivity index (χ2v) is 4.76. The first kappa shape index (κ1) is 12.7. The molecule has 0 bridgehead atoms. The van der Waals surface area contributed by atoms with E-state index in [0.717, 1.165) is 44.0 Å². The van der Waals surface area contributed by atoms with E-state index in [2.05, 4.69) is 0 Å². The van der Waals surface area contributed by atoms with Crippen LogP contribution in [0, 0.1) is 5.92 Å². The number of nitrogens with two attached hydrogens (primary N) is 1. The Kier molecular flexibility index (Phi) is 4.66. The molecule has 0 aliphatic carbocycles. The fourth-order valence-corrected chi connectivity index (χ4v) is 2.11. The van der Waals surface area contributed by atoms with Gasteiger partial charge in [-0.3, -0.25) is 0 Å². The highest BCUT2D eigenvalue weighted by molar-refractivity contribution is 6.30. The Bertz CT molecular complexity index is 364. The van der Waals surface area contributed by atoms with Gasteiger partial charge in [-0.2, -0.15) is 0 Å². The molecule has 1 aromatic carbocycles. The normalized spacial score (nSPS) is 17.1. The highest BCUT2D eigenvalue weighted by Gasteiger charge is 2.15. The van der Waals surface area contributed by atoms with Crippen molar-refractivity contribution in [2.75, 3.05) is 19.8 Å². The molecule has 17 heavy (non-hydrogen) atoms. The smallest absolute Gasteiger partial charge is 0.125 e. The van der Waals surface area contributed by atoms with E-state index in [1.54, 1.807) is 0 Å². The highest BCUT2D eigenvalue weighted by Crippen LogP contribution is 2.25. The van der Waals surface area contributed by atoms with Crippen LogP contribution >= 0.6 is 11.6 Å². The Labute approximate surface area is 107 Å². The van der Waals surface area contributed by atoms with Crippen molar-refractivity contribution in [3.63, 3.8) is 0 Å². The summed E-state index contributed by atoms with van der Waals surface area (Å²) in [7, 11) is 0. The van der Waals surface area contributed by atoms with Gasteiger partial charge in [0.05, 0.1) is 6.61 Å². The molecule has 1 fully saturated rings. The third kappa shape index (κ3) is 3.60. The van der Waals surface area contributed by atoms with Crippen LogP contribution in [-0.4, -0.2) is 19.8 Å². The second kappa shape index (κ2) is 6.24. The van der Waals surface area contributed by atoms with Gasteiger partial charge in [0, 0.05) is 30.3 Å². The molecule has 2 rings (SSSR count). The standard InChI is InChI=1S/C13H18ClNO2/c14-12-2-1-11(8-15)13(7-12)17-9-10-3-5-16-6-4-10/h1-2,7,10H,3-6,8-9,15H2. The molecule has 1 heterocycles. The zero-order valence-corrected chi connectivity index (χ0v) is 10.6. The number of ether oxygens (including phenoxy) is 2. The summed E-state index contributed by atoms with van der Waals surface area (Å²) in [6.45, 7) is 2.87. The molecule has 3 nitrogen and oxygen atoms in total. The van der Waals surface area contributed by atoms with Gasteiger partial charge in [-0.05, 0) is 30.9 Å². The maximum absolute atomic E-state index is 5.95. The van der Waals surface area contributed by atoms with Gasteiger partial charge in [-0.25, -0.2) is 0 Å². The van der Waals surface area contributed by atoms with Crippen LogP contribution in [0.15, 0.2) is 18.2 Å². The summed E-state index contributed by atoms with van der Waals surface area (Å²) >= 11 is 5.95. The maximum Gasteiger partial charge on any atom is 0.125 e. The monoisotopic (exact) mass is 255 g/mol. The molecule has 1 aliphatic rings. The van der Waals surface area contributed by atoms with Crippen molar-refractivity contribution in [1.29, 1.82) is 0 Å². The lowest BCUT2D eigenvalue weighted by atomic mass is 10.0. The minimum absolute atomic E-state index is 0.472. The van der Waals surface area contributed by atoms with E-state index in [9.17, 15) is 0 Å². The number of halogens is 1. The Morgan fingerprint density at radius 3 is 2.82 bits per heavy atom. The van der Waals surface area contributed by atoms with E-state index < -0.39 is 0 Å². The second-order valence-electron chi connectivity index (χ2n) is 4.32. The molecule has 0 saturated carbocycles. The van der Waals surface area contributed by atoms with Crippen LogP contribution in [0.2, 0.25) is 5.02 Å². The van der Waals surface area contributed by atoms with Crippen LogP contribution in [-0.2, 0) is 11.3 Å². The lowest BCUT2D eigenvalue weighted by Gasteiger charge is -2.22. The van der Waals surface area contributed by atoms with Gasteiger partial charge in [0.25, 0.3) is 0 Å². The highest BCUT2D eigenvalue weighted by atomic mass is 35.5. The number of rotatable bonds is 4. The molecule has 2 N–H and O–H groups in total. The van der Waals surface area contributed by atoms with Crippen LogP contribution in [0.25, 0.3) is 0 Å². The molecule has 0 atom stereocenters. The molecular formula is C13H18ClNO2. The Morgan fingerprint density at radius 1 is 1.35 bits per heavy atom. The molecule has 94 valence electrons. The van der Waals surface area contributed by atoms with Gasteiger partial charge < -0.3 is 15.2 Å². The molecule has 4 heteroatoms. The third-order valence-corrected chi connectivity index (χ3v) is 3.30. The van der Waals surface area contributed by atoms with E-state index in [0.29, 0.717) is 17.5 Å². The van der Waals surface area contributed by atoms with Crippen LogP contribution < -0.4 is 10.5 Å². The SMILES string of the molecule is NCc1ccc(Cl)cc1OCC1CCOCC1. The molecule has 0 radical (unpaired) electrons. The Hall–Kier alpha value is -0.770. The summed E-state index contributed by atoms with van der Waals surface area (Å²) in [5.41, 5.74) is 6.67. The summed E-state index contributed by atoms with van der Waals surface area (Å²) < 4.78 is 11.1. The molecule has 0 unspecified atom stereocenters. The van der Waals surface area contributed by atoms with E-state index in [1.165, 1.54) is 0 Å². The van der Waals surface area contributed by atoms with Gasteiger partial charge in [-0.15, -0.1) is 0 Å². The topological polar surface area (TPSA) is 44.5 Å². The molecule has 1 saturated heterocycles. The fraction of sp³-hybridized carbons (Fsp3) is 0.538. The fourth-order valence-electron chi connectivity index (χ4n) is 1.95. The van der Waals surface area contributed by atoms with Crippen molar-refractivity contribution in [3.05, 3.63) is 28.8 Å². The van der Waals surface area contributed by atoms with Crippen LogP contribution in [0.4, 0.5) is 0 Å². The molecule has 0 amide bonds. The van der Waals surface area contributed by atoms with E-state index >= 15 is 0 Å². The summed E-state index contributed by atoms with van der Waals surface area (Å²) in [6, 6.07) is 5.59. The first-order valence-corrected chi connectivity index (χ1v) is 6.36. The van der Waals surface area contributed by atoms with Crippen molar-refractivity contribution in [2.24, 2.45) is 11.7 Å². The van der Waals surface area contributed by atoms with Crippen molar-refractivity contribution in [1.82, 2.24) is 0 Å². The number of hydrogen-bond donors (Lipinski definition) is 1. The van der Waals surface area contributed by atoms with E-state index in [-0.39, 0.29) is 0 Å². The summed E-state index contributed by atoms with van der Waals surface area (Å²) in [6.07, 6.45) is 2.14. The Balaban J connectivity index is 1.95. The predicted molar refractivity (Wildman–Crippen MR) is 68.4 cm³/mol. The quantitative estimate of drug-likeness (QED) is 0.900. The number of hydrogen-bond acceptors (Lipinski definition) is 3. The van der Waals surface area contributed by atoms with Gasteiger partial charge in [0.1, 0.15) is 5.75 Å². The van der Waals surface area contributed by atoms with Crippen LogP contribution in [0.1, 0.15) is 18.4 Å². The van der Waals surface area contributed by atoms with Crippen LogP contribution in [0.3, 0.4) is 0 Å². The molecule has 0 aromatic heterocycles. The summed E-state index contributed by atoms with van der Waals surface area (Å²) in [4.78, 5) is 0. The minimum atomic E-state index is 0.472. The van der Waals surface area contributed by atoms with Crippen LogP contribution in [0.5, 0.6) is 5.75 Å². The van der Waals surface area contributed by atoms with E-state index in [4.69, 9.17) is 26.8 Å². The van der Waals surface area contributed by atoms with Crippen molar-refractivity contribution >= 4 is 11.6 Å². The van der Waals surface area contributed by atoms with Gasteiger partial charge >= 0.3 is 0 Å². The average molecular weight is 256 g/mol. The first-order chi connectivity index (χ1) is 8.29. The predicted octanol–water partition coefficient (Wildman–Crippen LogP) is 2.60. The first-order valence-electron chi connectivity index (χ1n) is 5.98. The lowest BCUT2D eigenvalue weighted by Crippen LogP contribution is -2.21. The summed E-state index contributed by atoms with van der Waals surface area (Å²) in [5, 5.41) is 0.684. The molecule has 1 aromatic rings. The summed E-state index contributed by atoms with van der Waals surface area (Å²) in [5.74, 6) is 1.39. The number of benzene rings is 1. The van der Waals surface area contributed by atoms with Gasteiger partial charge in [0.2, 0.25) is 0 Å². The molecule has 1 aliphatic heterocycles. The zero-order chi connectivity index (χ0) is 12.1. The van der Waals surface area contributed by atoms with Crippen molar-refractivity contribution < 1.29 is 9.47 Å². The van der Waals surface area contributed by atoms with E-state index in [1.807, 2.05) is 18.2 Å². The van der Waals surface area contributed by atoms with Gasteiger partial charge in [0.15, 0.2) is 0 Å². The average Bonchev–Trinajstić information content (AvgIpc) is 2.38. The largest absolute Gasteiger partial charge is 0.493 e. The van der Waals surface area contributed by atoms with Gasteiger partial charge in [-0.1, -0.05) is 17.7 Å².